The van der Waals surface area contributed by atoms with Gasteiger partial charge in [-0.3, -0.25) is 4.79 Å². The molecule has 0 aliphatic heterocycles. The quantitative estimate of drug-likeness (QED) is 0.670. The summed E-state index contributed by atoms with van der Waals surface area (Å²) in [6, 6.07) is 0.415. The summed E-state index contributed by atoms with van der Waals surface area (Å²) in [6.07, 6.45) is 10.6. The zero-order chi connectivity index (χ0) is 10.0. The molecule has 2 aliphatic carbocycles. The van der Waals surface area contributed by atoms with Crippen molar-refractivity contribution in [1.29, 1.82) is 0 Å². The summed E-state index contributed by atoms with van der Waals surface area (Å²) in [5, 5.41) is 3.02. The van der Waals surface area contributed by atoms with Gasteiger partial charge < -0.3 is 5.32 Å². The summed E-state index contributed by atoms with van der Waals surface area (Å²) in [5.74, 6) is -0.00922. The van der Waals surface area contributed by atoms with E-state index in [9.17, 15) is 4.79 Å². The number of rotatable bonds is 2. The molecule has 0 saturated heterocycles. The molecule has 2 rings (SSSR count). The van der Waals surface area contributed by atoms with Gasteiger partial charge >= 0.3 is 0 Å². The highest BCUT2D eigenvalue weighted by molar-refractivity contribution is 5.87. The van der Waals surface area contributed by atoms with Crippen LogP contribution in [0.2, 0.25) is 0 Å². The van der Waals surface area contributed by atoms with E-state index in [1.165, 1.54) is 51.0 Å². The van der Waals surface area contributed by atoms with Crippen LogP contribution in [-0.4, -0.2) is 11.9 Å². The Labute approximate surface area is 85.8 Å². The molecule has 1 N–H and O–H groups in total. The maximum Gasteiger partial charge on any atom is 0.243 e. The second-order valence-corrected chi connectivity index (χ2v) is 4.86. The van der Waals surface area contributed by atoms with Crippen LogP contribution in [0.1, 0.15) is 44.9 Å². The Balaban J connectivity index is 1.88. The van der Waals surface area contributed by atoms with E-state index in [-0.39, 0.29) is 5.91 Å². The summed E-state index contributed by atoms with van der Waals surface area (Å²) in [4.78, 5) is 11.1. The smallest absolute Gasteiger partial charge is 0.243 e. The maximum absolute atomic E-state index is 11.1. The van der Waals surface area contributed by atoms with Gasteiger partial charge in [-0.1, -0.05) is 19.4 Å². The van der Waals surface area contributed by atoms with Crippen molar-refractivity contribution in [3.05, 3.63) is 12.7 Å². The van der Waals surface area contributed by atoms with Crippen molar-refractivity contribution in [2.45, 2.75) is 51.0 Å². The van der Waals surface area contributed by atoms with Crippen LogP contribution in [0.4, 0.5) is 0 Å². The number of hydrogen-bond donors (Lipinski definition) is 1. The van der Waals surface area contributed by atoms with Crippen molar-refractivity contribution in [3.63, 3.8) is 0 Å². The number of hydrogen-bond acceptors (Lipinski definition) is 1. The van der Waals surface area contributed by atoms with Crippen LogP contribution in [0.25, 0.3) is 0 Å². The van der Waals surface area contributed by atoms with E-state index < -0.39 is 0 Å². The molecule has 2 aliphatic rings. The van der Waals surface area contributed by atoms with Crippen molar-refractivity contribution < 1.29 is 4.79 Å². The minimum Gasteiger partial charge on any atom is -0.350 e. The van der Waals surface area contributed by atoms with E-state index >= 15 is 0 Å². The Morgan fingerprint density at radius 2 is 2.07 bits per heavy atom. The Kier molecular flexibility index (Phi) is 2.62. The van der Waals surface area contributed by atoms with Gasteiger partial charge in [0, 0.05) is 6.04 Å². The third kappa shape index (κ3) is 1.84. The summed E-state index contributed by atoms with van der Waals surface area (Å²) in [5.41, 5.74) is 0.596. The van der Waals surface area contributed by atoms with Crippen molar-refractivity contribution in [1.82, 2.24) is 5.32 Å². The van der Waals surface area contributed by atoms with E-state index in [1.54, 1.807) is 0 Å². The number of amides is 1. The fourth-order valence-electron chi connectivity index (χ4n) is 3.17. The average Bonchev–Trinajstić information content (AvgIpc) is 2.78. The molecule has 0 aromatic carbocycles. The Bertz CT molecular complexity index is 241. The van der Waals surface area contributed by atoms with E-state index in [0.29, 0.717) is 11.5 Å². The molecule has 78 valence electrons. The summed E-state index contributed by atoms with van der Waals surface area (Å²) < 4.78 is 0. The zero-order valence-electron chi connectivity index (χ0n) is 8.72. The topological polar surface area (TPSA) is 29.1 Å². The van der Waals surface area contributed by atoms with Gasteiger partial charge in [0.05, 0.1) is 0 Å². The Morgan fingerprint density at radius 3 is 2.71 bits per heavy atom. The molecule has 2 fully saturated rings. The van der Waals surface area contributed by atoms with Crippen LogP contribution in [0.5, 0.6) is 0 Å². The largest absolute Gasteiger partial charge is 0.350 e. The summed E-state index contributed by atoms with van der Waals surface area (Å²) >= 11 is 0. The highest BCUT2D eigenvalue weighted by Gasteiger charge is 2.41. The van der Waals surface area contributed by atoms with E-state index in [2.05, 4.69) is 11.9 Å². The molecule has 0 radical (unpaired) electrons. The van der Waals surface area contributed by atoms with E-state index in [1.807, 2.05) is 0 Å². The van der Waals surface area contributed by atoms with Crippen molar-refractivity contribution in [3.8, 4) is 0 Å². The van der Waals surface area contributed by atoms with Crippen molar-refractivity contribution in [2.75, 3.05) is 0 Å². The SMILES string of the molecule is C=CC(=O)NC1CCC2(CCCC2)C1. The third-order valence-electron chi connectivity index (χ3n) is 3.90. The highest BCUT2D eigenvalue weighted by atomic mass is 16.1. The fourth-order valence-corrected chi connectivity index (χ4v) is 3.17. The first-order chi connectivity index (χ1) is 6.74. The van der Waals surface area contributed by atoms with E-state index in [4.69, 9.17) is 0 Å². The molecule has 0 aromatic heterocycles. The van der Waals surface area contributed by atoms with Gasteiger partial charge in [0.2, 0.25) is 5.91 Å². The molecule has 2 saturated carbocycles. The zero-order valence-corrected chi connectivity index (χ0v) is 8.72. The second-order valence-electron chi connectivity index (χ2n) is 4.86. The number of carbonyl (C=O) groups excluding carboxylic acids is 1. The molecule has 2 nitrogen and oxygen atoms in total. The molecule has 0 aromatic rings. The minimum atomic E-state index is -0.00922. The van der Waals surface area contributed by atoms with Crippen LogP contribution >= 0.6 is 0 Å². The van der Waals surface area contributed by atoms with Gasteiger partial charge in [-0.05, 0) is 43.6 Å². The lowest BCUT2D eigenvalue weighted by atomic mass is 9.84. The van der Waals surface area contributed by atoms with Gasteiger partial charge in [0.15, 0.2) is 0 Å². The van der Waals surface area contributed by atoms with Crippen LogP contribution in [0.15, 0.2) is 12.7 Å². The molecule has 14 heavy (non-hydrogen) atoms. The second kappa shape index (κ2) is 3.76. The average molecular weight is 193 g/mol. The van der Waals surface area contributed by atoms with Gasteiger partial charge in [0.1, 0.15) is 0 Å². The molecule has 1 amide bonds. The van der Waals surface area contributed by atoms with Crippen LogP contribution in [0.3, 0.4) is 0 Å². The fraction of sp³-hybridized carbons (Fsp3) is 0.750. The minimum absolute atomic E-state index is 0.00922. The van der Waals surface area contributed by atoms with E-state index in [0.717, 1.165) is 0 Å². The standard InChI is InChI=1S/C12H19NO/c1-2-11(14)13-10-5-8-12(9-10)6-3-4-7-12/h2,10H,1,3-9H2,(H,13,14). The van der Waals surface area contributed by atoms with Crippen molar-refractivity contribution in [2.24, 2.45) is 5.41 Å². The number of nitrogens with one attached hydrogen (secondary N) is 1. The van der Waals surface area contributed by atoms with Crippen LogP contribution in [0, 0.1) is 5.41 Å². The maximum atomic E-state index is 11.1. The highest BCUT2D eigenvalue weighted by Crippen LogP contribution is 2.50. The molecule has 2 heteroatoms. The number of carbonyl (C=O) groups is 1. The predicted molar refractivity (Wildman–Crippen MR) is 56.9 cm³/mol. The Hall–Kier alpha value is -0.790. The van der Waals surface area contributed by atoms with Crippen molar-refractivity contribution >= 4 is 5.91 Å². The first-order valence-electron chi connectivity index (χ1n) is 5.67. The first kappa shape index (κ1) is 9.75. The lowest BCUT2D eigenvalue weighted by molar-refractivity contribution is -0.117. The third-order valence-corrected chi connectivity index (χ3v) is 3.90. The predicted octanol–water partition coefficient (Wildman–Crippen LogP) is 2.40. The first-order valence-corrected chi connectivity index (χ1v) is 5.67. The summed E-state index contributed by atoms with van der Waals surface area (Å²) in [7, 11) is 0. The van der Waals surface area contributed by atoms with Gasteiger partial charge in [-0.2, -0.15) is 0 Å². The molecule has 0 bridgehead atoms. The molecular weight excluding hydrogens is 174 g/mol. The van der Waals surface area contributed by atoms with Crippen LogP contribution < -0.4 is 5.32 Å². The molecule has 1 unspecified atom stereocenters. The lowest BCUT2D eigenvalue weighted by Gasteiger charge is -2.22. The van der Waals surface area contributed by atoms with Gasteiger partial charge in [-0.25, -0.2) is 0 Å². The van der Waals surface area contributed by atoms with Crippen LogP contribution in [-0.2, 0) is 4.79 Å². The molecule has 0 heterocycles. The van der Waals surface area contributed by atoms with Gasteiger partial charge in [0.25, 0.3) is 0 Å². The molecular formula is C12H19NO. The normalized spacial score (nSPS) is 29.3. The molecule has 1 atom stereocenters. The summed E-state index contributed by atoms with van der Waals surface area (Å²) in [6.45, 7) is 3.48. The monoisotopic (exact) mass is 193 g/mol. The molecule has 1 spiro atoms. The lowest BCUT2D eigenvalue weighted by Crippen LogP contribution is -2.32. The van der Waals surface area contributed by atoms with Gasteiger partial charge in [-0.15, -0.1) is 0 Å². The Morgan fingerprint density at radius 1 is 1.36 bits per heavy atom.